The summed E-state index contributed by atoms with van der Waals surface area (Å²) >= 11 is 0. The largest absolute Gasteiger partial charge is 0.389 e. The lowest BCUT2D eigenvalue weighted by molar-refractivity contribution is -0.129. The summed E-state index contributed by atoms with van der Waals surface area (Å²) in [6, 6.07) is 10.6. The molecule has 28 heavy (non-hydrogen) atoms. The van der Waals surface area contributed by atoms with Crippen molar-refractivity contribution in [3.05, 3.63) is 47.5 Å². The molecule has 3 saturated carbocycles. The standard InChI is InChI=1S/C26H34O2/c1-24-13-10-20(27)16-19(24)8-9-21-22(24)11-14-25(2)23(21)12-15-26(25,28)17-18-6-4-3-5-7-18/h3-7,16,21-23,28H,8-15,17H2,1-2H3/t21-,22+,23+,24+,25+,26-/m1/s1. The Morgan fingerprint density at radius 3 is 2.50 bits per heavy atom. The van der Waals surface area contributed by atoms with Crippen LogP contribution in [0.2, 0.25) is 0 Å². The van der Waals surface area contributed by atoms with Gasteiger partial charge in [-0.15, -0.1) is 0 Å². The molecule has 1 N–H and O–H groups in total. The molecule has 0 bridgehead atoms. The molecule has 0 saturated heterocycles. The number of rotatable bonds is 2. The molecule has 3 fully saturated rings. The monoisotopic (exact) mass is 378 g/mol. The minimum atomic E-state index is -0.580. The number of hydrogen-bond acceptors (Lipinski definition) is 2. The van der Waals surface area contributed by atoms with E-state index in [1.54, 1.807) is 0 Å². The fraction of sp³-hybridized carbons (Fsp3) is 0.654. The van der Waals surface area contributed by atoms with Gasteiger partial charge in [0.2, 0.25) is 0 Å². The normalized spacial score (nSPS) is 45.0. The number of carbonyl (C=O) groups is 1. The summed E-state index contributed by atoms with van der Waals surface area (Å²) in [4.78, 5) is 12.0. The van der Waals surface area contributed by atoms with E-state index < -0.39 is 5.60 Å². The van der Waals surface area contributed by atoms with E-state index in [1.807, 2.05) is 6.08 Å². The summed E-state index contributed by atoms with van der Waals surface area (Å²) < 4.78 is 0. The lowest BCUT2D eigenvalue weighted by Gasteiger charge is -2.59. The van der Waals surface area contributed by atoms with Crippen LogP contribution in [0.3, 0.4) is 0 Å². The van der Waals surface area contributed by atoms with Crippen LogP contribution in [0, 0.1) is 28.6 Å². The molecule has 0 unspecified atom stereocenters. The Morgan fingerprint density at radius 2 is 1.71 bits per heavy atom. The van der Waals surface area contributed by atoms with Crippen molar-refractivity contribution in [2.24, 2.45) is 28.6 Å². The van der Waals surface area contributed by atoms with Crippen molar-refractivity contribution in [2.75, 3.05) is 0 Å². The molecule has 1 aromatic rings. The second-order valence-electron chi connectivity index (χ2n) is 10.7. The van der Waals surface area contributed by atoms with Gasteiger partial charge in [-0.2, -0.15) is 0 Å². The van der Waals surface area contributed by atoms with Crippen molar-refractivity contribution >= 4 is 5.78 Å². The fourth-order valence-corrected chi connectivity index (χ4v) is 7.89. The second kappa shape index (κ2) is 6.29. The molecule has 0 heterocycles. The van der Waals surface area contributed by atoms with Crippen LogP contribution in [0.25, 0.3) is 0 Å². The molecule has 4 aliphatic carbocycles. The van der Waals surface area contributed by atoms with Gasteiger partial charge in [-0.3, -0.25) is 4.79 Å². The van der Waals surface area contributed by atoms with E-state index >= 15 is 0 Å². The maximum absolute atomic E-state index is 12.0. The first-order valence-electron chi connectivity index (χ1n) is 11.4. The first kappa shape index (κ1) is 18.6. The second-order valence-corrected chi connectivity index (χ2v) is 10.7. The molecule has 0 aliphatic heterocycles. The highest BCUT2D eigenvalue weighted by Gasteiger charge is 2.63. The van der Waals surface area contributed by atoms with Gasteiger partial charge in [0.25, 0.3) is 0 Å². The van der Waals surface area contributed by atoms with Crippen LogP contribution in [0.4, 0.5) is 0 Å². The molecule has 2 heteroatoms. The van der Waals surface area contributed by atoms with E-state index in [1.165, 1.54) is 24.0 Å². The van der Waals surface area contributed by atoms with Crippen LogP contribution in [-0.4, -0.2) is 16.5 Å². The van der Waals surface area contributed by atoms with Gasteiger partial charge in [-0.1, -0.05) is 49.8 Å². The zero-order valence-electron chi connectivity index (χ0n) is 17.4. The van der Waals surface area contributed by atoms with Crippen LogP contribution in [0.15, 0.2) is 42.0 Å². The van der Waals surface area contributed by atoms with Crippen LogP contribution >= 0.6 is 0 Å². The van der Waals surface area contributed by atoms with Crippen LogP contribution in [0.1, 0.15) is 70.8 Å². The molecule has 4 aliphatic rings. The molecule has 0 spiro atoms. The number of benzene rings is 1. The molecule has 1 aromatic carbocycles. The van der Waals surface area contributed by atoms with Gasteiger partial charge in [0, 0.05) is 12.8 Å². The maximum Gasteiger partial charge on any atom is 0.155 e. The molecular formula is C26H34O2. The van der Waals surface area contributed by atoms with Crippen molar-refractivity contribution in [1.82, 2.24) is 0 Å². The Morgan fingerprint density at radius 1 is 0.964 bits per heavy atom. The Labute approximate surface area is 169 Å². The van der Waals surface area contributed by atoms with Crippen molar-refractivity contribution in [1.29, 1.82) is 0 Å². The number of carbonyl (C=O) groups excluding carboxylic acids is 1. The predicted octanol–water partition coefficient (Wildman–Crippen LogP) is 5.49. The Hall–Kier alpha value is -1.41. The Kier molecular flexibility index (Phi) is 4.18. The van der Waals surface area contributed by atoms with Crippen molar-refractivity contribution in [3.63, 3.8) is 0 Å². The molecule has 150 valence electrons. The molecule has 0 radical (unpaired) electrons. The van der Waals surface area contributed by atoms with Crippen LogP contribution in [0.5, 0.6) is 0 Å². The van der Waals surface area contributed by atoms with E-state index in [0.717, 1.165) is 44.9 Å². The first-order chi connectivity index (χ1) is 13.4. The number of ketones is 1. The fourth-order valence-electron chi connectivity index (χ4n) is 7.89. The zero-order chi connectivity index (χ0) is 19.6. The van der Waals surface area contributed by atoms with E-state index in [9.17, 15) is 9.90 Å². The Balaban J connectivity index is 1.44. The molecule has 5 rings (SSSR count). The highest BCUT2D eigenvalue weighted by atomic mass is 16.3. The smallest absolute Gasteiger partial charge is 0.155 e. The van der Waals surface area contributed by atoms with E-state index in [0.29, 0.717) is 23.5 Å². The lowest BCUT2D eigenvalue weighted by Crippen LogP contribution is -2.55. The third-order valence-electron chi connectivity index (χ3n) is 9.62. The number of hydrogen-bond donors (Lipinski definition) is 1. The van der Waals surface area contributed by atoms with E-state index in [4.69, 9.17) is 0 Å². The quantitative estimate of drug-likeness (QED) is 0.738. The van der Waals surface area contributed by atoms with Gasteiger partial charge < -0.3 is 5.11 Å². The molecule has 0 amide bonds. The number of fused-ring (bicyclic) bond motifs is 5. The SMILES string of the molecule is C[C@]12CCC(=O)C=C1CC[C@@H]1[C@@H]2CC[C@@]2(C)[C@H]1CC[C@@]2(O)Cc1ccccc1. The average Bonchev–Trinajstić information content (AvgIpc) is 2.94. The van der Waals surface area contributed by atoms with Gasteiger partial charge >= 0.3 is 0 Å². The highest BCUT2D eigenvalue weighted by molar-refractivity contribution is 5.91. The molecule has 2 nitrogen and oxygen atoms in total. The minimum Gasteiger partial charge on any atom is -0.389 e. The van der Waals surface area contributed by atoms with Gasteiger partial charge in [0.15, 0.2) is 5.78 Å². The topological polar surface area (TPSA) is 37.3 Å². The summed E-state index contributed by atoms with van der Waals surface area (Å²) in [5, 5.41) is 11.9. The summed E-state index contributed by atoms with van der Waals surface area (Å²) in [7, 11) is 0. The molecular weight excluding hydrogens is 344 g/mol. The summed E-state index contributed by atoms with van der Waals surface area (Å²) in [6.07, 6.45) is 11.3. The third-order valence-corrected chi connectivity index (χ3v) is 9.62. The highest BCUT2D eigenvalue weighted by Crippen LogP contribution is 2.67. The van der Waals surface area contributed by atoms with Crippen molar-refractivity contribution < 1.29 is 9.90 Å². The first-order valence-corrected chi connectivity index (χ1v) is 11.4. The number of allylic oxidation sites excluding steroid dienone is 1. The number of aliphatic hydroxyl groups is 1. The van der Waals surface area contributed by atoms with E-state index in [-0.39, 0.29) is 10.8 Å². The summed E-state index contributed by atoms with van der Waals surface area (Å²) in [6.45, 7) is 4.83. The predicted molar refractivity (Wildman–Crippen MR) is 112 cm³/mol. The van der Waals surface area contributed by atoms with Gasteiger partial charge in [0.1, 0.15) is 0 Å². The maximum atomic E-state index is 12.0. The van der Waals surface area contributed by atoms with Gasteiger partial charge in [0.05, 0.1) is 5.60 Å². The van der Waals surface area contributed by atoms with Crippen LogP contribution in [-0.2, 0) is 11.2 Å². The molecule has 6 atom stereocenters. The Bertz CT molecular complexity index is 811. The molecule has 0 aromatic heterocycles. The van der Waals surface area contributed by atoms with Crippen molar-refractivity contribution in [2.45, 2.75) is 77.2 Å². The van der Waals surface area contributed by atoms with Crippen LogP contribution < -0.4 is 0 Å². The van der Waals surface area contributed by atoms with Gasteiger partial charge in [-0.25, -0.2) is 0 Å². The van der Waals surface area contributed by atoms with E-state index in [2.05, 4.69) is 44.2 Å². The van der Waals surface area contributed by atoms with Crippen molar-refractivity contribution in [3.8, 4) is 0 Å². The lowest BCUT2D eigenvalue weighted by atomic mass is 9.46. The third kappa shape index (κ3) is 2.53. The summed E-state index contributed by atoms with van der Waals surface area (Å²) in [5.74, 6) is 2.36. The van der Waals surface area contributed by atoms with Gasteiger partial charge in [-0.05, 0) is 85.2 Å². The summed E-state index contributed by atoms with van der Waals surface area (Å²) in [5.41, 5.74) is 2.36. The average molecular weight is 379 g/mol. The zero-order valence-corrected chi connectivity index (χ0v) is 17.4. The minimum absolute atomic E-state index is 0.0199.